The number of β-amino-alcohol motifs (C(OH)–C–C–N with tert-alkyl or cyclic N) is 1. The zero-order valence-corrected chi connectivity index (χ0v) is 9.78. The van der Waals surface area contributed by atoms with Crippen molar-refractivity contribution < 1.29 is 9.90 Å². The second-order valence-electron chi connectivity index (χ2n) is 4.95. The van der Waals surface area contributed by atoms with Crippen LogP contribution in [0.15, 0.2) is 0 Å². The van der Waals surface area contributed by atoms with Gasteiger partial charge in [-0.25, -0.2) is 0 Å². The van der Waals surface area contributed by atoms with Crippen molar-refractivity contribution in [2.24, 2.45) is 5.41 Å². The van der Waals surface area contributed by atoms with Gasteiger partial charge in [-0.05, 0) is 0 Å². The van der Waals surface area contributed by atoms with Crippen LogP contribution in [0.3, 0.4) is 0 Å². The minimum absolute atomic E-state index is 0.236. The molecule has 4 heteroatoms. The number of aldehydes is 1. The molecule has 0 bridgehead atoms. The van der Waals surface area contributed by atoms with Crippen molar-refractivity contribution in [3.63, 3.8) is 0 Å². The fraction of sp³-hybridized carbons (Fsp3) is 0.909. The third-order valence-corrected chi connectivity index (χ3v) is 2.83. The summed E-state index contributed by atoms with van der Waals surface area (Å²) in [6.45, 7) is 9.77. The van der Waals surface area contributed by atoms with Gasteiger partial charge in [0, 0.05) is 44.7 Å². The first-order chi connectivity index (χ1) is 7.07. The lowest BCUT2D eigenvalue weighted by molar-refractivity contribution is -0.115. The summed E-state index contributed by atoms with van der Waals surface area (Å²) in [6, 6.07) is 0. The minimum atomic E-state index is -0.237. The predicted octanol–water partition coefficient (Wildman–Crippen LogP) is -0.179. The van der Waals surface area contributed by atoms with Crippen LogP contribution < -0.4 is 0 Å². The molecule has 0 aromatic heterocycles. The number of carbonyl (C=O) groups excluding carboxylic acids is 1. The van der Waals surface area contributed by atoms with Crippen LogP contribution in [0.2, 0.25) is 0 Å². The van der Waals surface area contributed by atoms with Gasteiger partial charge in [0.1, 0.15) is 6.29 Å². The molecule has 4 nitrogen and oxygen atoms in total. The molecule has 1 fully saturated rings. The SMILES string of the molecule is CC(C)(C=O)CN1CCN(CCO)CC1. The summed E-state index contributed by atoms with van der Waals surface area (Å²) in [4.78, 5) is 15.4. The largest absolute Gasteiger partial charge is 0.395 e. The number of aliphatic hydroxyl groups excluding tert-OH is 1. The number of hydrogen-bond donors (Lipinski definition) is 1. The highest BCUT2D eigenvalue weighted by molar-refractivity contribution is 5.58. The number of nitrogens with zero attached hydrogens (tertiary/aromatic N) is 2. The van der Waals surface area contributed by atoms with Crippen LogP contribution in [0.1, 0.15) is 13.8 Å². The fourth-order valence-electron chi connectivity index (χ4n) is 1.93. The summed E-state index contributed by atoms with van der Waals surface area (Å²) < 4.78 is 0. The normalized spacial score (nSPS) is 20.5. The maximum atomic E-state index is 10.8. The maximum Gasteiger partial charge on any atom is 0.126 e. The van der Waals surface area contributed by atoms with Crippen molar-refractivity contribution in [2.45, 2.75) is 13.8 Å². The number of piperazine rings is 1. The Morgan fingerprint density at radius 2 is 1.73 bits per heavy atom. The van der Waals surface area contributed by atoms with Crippen LogP contribution >= 0.6 is 0 Å². The van der Waals surface area contributed by atoms with Gasteiger partial charge in [-0.15, -0.1) is 0 Å². The van der Waals surface area contributed by atoms with Crippen LogP contribution in [0.5, 0.6) is 0 Å². The molecule has 1 saturated heterocycles. The van der Waals surface area contributed by atoms with Gasteiger partial charge in [0.2, 0.25) is 0 Å². The molecule has 1 rings (SSSR count). The average Bonchev–Trinajstić information content (AvgIpc) is 2.21. The summed E-state index contributed by atoms with van der Waals surface area (Å²) in [5.74, 6) is 0. The summed E-state index contributed by atoms with van der Waals surface area (Å²) in [5.41, 5.74) is -0.237. The van der Waals surface area contributed by atoms with E-state index in [0.29, 0.717) is 0 Å². The van der Waals surface area contributed by atoms with Crippen LogP contribution in [0.4, 0.5) is 0 Å². The zero-order chi connectivity index (χ0) is 11.3. The highest BCUT2D eigenvalue weighted by Crippen LogP contribution is 2.14. The molecule has 0 aromatic rings. The molecule has 0 amide bonds. The molecule has 0 aliphatic carbocycles. The Kier molecular flexibility index (Phi) is 4.70. The van der Waals surface area contributed by atoms with Gasteiger partial charge in [-0.2, -0.15) is 0 Å². The molecule has 1 aliphatic heterocycles. The molecule has 0 aromatic carbocycles. The van der Waals surface area contributed by atoms with Crippen molar-refractivity contribution in [3.8, 4) is 0 Å². The van der Waals surface area contributed by atoms with Crippen LogP contribution in [-0.4, -0.2) is 67.1 Å². The van der Waals surface area contributed by atoms with E-state index in [0.717, 1.165) is 45.6 Å². The first-order valence-corrected chi connectivity index (χ1v) is 5.59. The monoisotopic (exact) mass is 214 g/mol. The van der Waals surface area contributed by atoms with E-state index in [2.05, 4.69) is 9.80 Å². The van der Waals surface area contributed by atoms with Gasteiger partial charge in [-0.1, -0.05) is 13.8 Å². The predicted molar refractivity (Wildman–Crippen MR) is 59.8 cm³/mol. The third-order valence-electron chi connectivity index (χ3n) is 2.83. The quantitative estimate of drug-likeness (QED) is 0.645. The van der Waals surface area contributed by atoms with Gasteiger partial charge in [0.25, 0.3) is 0 Å². The Hall–Kier alpha value is -0.450. The smallest absolute Gasteiger partial charge is 0.126 e. The lowest BCUT2D eigenvalue weighted by atomic mass is 9.95. The molecule has 15 heavy (non-hydrogen) atoms. The standard InChI is InChI=1S/C11H22N2O2/c1-11(2,10-15)9-13-5-3-12(4-6-13)7-8-14/h10,14H,3-9H2,1-2H3. The Bertz CT molecular complexity index is 199. The molecule has 1 N–H and O–H groups in total. The van der Waals surface area contributed by atoms with E-state index in [4.69, 9.17) is 5.11 Å². The van der Waals surface area contributed by atoms with Crippen molar-refractivity contribution in [3.05, 3.63) is 0 Å². The van der Waals surface area contributed by atoms with E-state index in [-0.39, 0.29) is 12.0 Å². The van der Waals surface area contributed by atoms with Crippen molar-refractivity contribution in [1.82, 2.24) is 9.80 Å². The van der Waals surface area contributed by atoms with E-state index in [1.165, 1.54) is 0 Å². The third kappa shape index (κ3) is 4.28. The van der Waals surface area contributed by atoms with E-state index in [1.807, 2.05) is 13.8 Å². The number of carbonyl (C=O) groups is 1. The van der Waals surface area contributed by atoms with Gasteiger partial charge in [0.05, 0.1) is 6.61 Å². The molecular formula is C11H22N2O2. The lowest BCUT2D eigenvalue weighted by Gasteiger charge is -2.37. The van der Waals surface area contributed by atoms with E-state index >= 15 is 0 Å². The number of hydrogen-bond acceptors (Lipinski definition) is 4. The second-order valence-corrected chi connectivity index (χ2v) is 4.95. The highest BCUT2D eigenvalue weighted by Gasteiger charge is 2.23. The van der Waals surface area contributed by atoms with Crippen molar-refractivity contribution in [2.75, 3.05) is 45.9 Å². The Labute approximate surface area is 91.9 Å². The van der Waals surface area contributed by atoms with Gasteiger partial charge >= 0.3 is 0 Å². The molecule has 0 unspecified atom stereocenters. The Balaban J connectivity index is 2.28. The average molecular weight is 214 g/mol. The molecule has 0 saturated carbocycles. The van der Waals surface area contributed by atoms with Crippen molar-refractivity contribution >= 4 is 6.29 Å². The zero-order valence-electron chi connectivity index (χ0n) is 9.78. The van der Waals surface area contributed by atoms with Gasteiger partial charge in [0.15, 0.2) is 0 Å². The molecule has 88 valence electrons. The summed E-state index contributed by atoms with van der Waals surface area (Å²) in [6.07, 6.45) is 1.03. The second kappa shape index (κ2) is 5.58. The first kappa shape index (κ1) is 12.6. The number of rotatable bonds is 5. The molecule has 0 atom stereocenters. The molecule has 0 spiro atoms. The summed E-state index contributed by atoms with van der Waals surface area (Å²) >= 11 is 0. The van der Waals surface area contributed by atoms with E-state index < -0.39 is 0 Å². The van der Waals surface area contributed by atoms with E-state index in [1.54, 1.807) is 0 Å². The molecular weight excluding hydrogens is 192 g/mol. The Morgan fingerprint density at radius 1 is 1.20 bits per heavy atom. The first-order valence-electron chi connectivity index (χ1n) is 5.59. The van der Waals surface area contributed by atoms with Crippen molar-refractivity contribution in [1.29, 1.82) is 0 Å². The molecule has 0 radical (unpaired) electrons. The Morgan fingerprint density at radius 3 is 2.20 bits per heavy atom. The summed E-state index contributed by atoms with van der Waals surface area (Å²) in [5, 5.41) is 8.81. The van der Waals surface area contributed by atoms with E-state index in [9.17, 15) is 4.79 Å². The topological polar surface area (TPSA) is 43.8 Å². The van der Waals surface area contributed by atoms with Gasteiger partial charge in [-0.3, -0.25) is 9.80 Å². The van der Waals surface area contributed by atoms with Gasteiger partial charge < -0.3 is 9.90 Å². The van der Waals surface area contributed by atoms with Crippen LogP contribution in [0, 0.1) is 5.41 Å². The lowest BCUT2D eigenvalue weighted by Crippen LogP contribution is -2.49. The maximum absolute atomic E-state index is 10.8. The minimum Gasteiger partial charge on any atom is -0.395 e. The van der Waals surface area contributed by atoms with Crippen LogP contribution in [-0.2, 0) is 4.79 Å². The molecule has 1 heterocycles. The molecule has 1 aliphatic rings. The van der Waals surface area contributed by atoms with Crippen LogP contribution in [0.25, 0.3) is 0 Å². The summed E-state index contributed by atoms with van der Waals surface area (Å²) in [7, 11) is 0. The number of aliphatic hydroxyl groups is 1. The highest BCUT2D eigenvalue weighted by atomic mass is 16.3. The fourth-order valence-corrected chi connectivity index (χ4v) is 1.93.